The number of halogens is 1. The van der Waals surface area contributed by atoms with E-state index in [0.29, 0.717) is 17.9 Å². The lowest BCUT2D eigenvalue weighted by Gasteiger charge is -2.20. The molecule has 7 nitrogen and oxygen atoms in total. The van der Waals surface area contributed by atoms with Crippen molar-refractivity contribution in [3.63, 3.8) is 0 Å². The minimum Gasteiger partial charge on any atom is -0.351 e. The van der Waals surface area contributed by atoms with Crippen molar-refractivity contribution in [1.29, 1.82) is 0 Å². The van der Waals surface area contributed by atoms with Crippen molar-refractivity contribution < 1.29 is 4.39 Å². The van der Waals surface area contributed by atoms with Crippen LogP contribution in [0.15, 0.2) is 48.8 Å². The fraction of sp³-hybridized carbons (Fsp3) is 0.360. The SMILES string of the molecule is CC(C)(C)Nc1nccc(-c2c(-c3ccc(F)cc3)nn3c(NC4CCCC4)nccc23)n1. The molecule has 0 amide bonds. The average molecular weight is 446 g/mol. The molecule has 33 heavy (non-hydrogen) atoms. The Bertz CT molecular complexity index is 1270. The van der Waals surface area contributed by atoms with Crippen LogP contribution in [0.2, 0.25) is 0 Å². The number of rotatable bonds is 5. The van der Waals surface area contributed by atoms with Crippen LogP contribution in [0.1, 0.15) is 46.5 Å². The molecule has 0 unspecified atom stereocenters. The molecule has 5 rings (SSSR count). The Morgan fingerprint density at radius 2 is 1.70 bits per heavy atom. The predicted octanol–water partition coefficient (Wildman–Crippen LogP) is 5.56. The summed E-state index contributed by atoms with van der Waals surface area (Å²) in [4.78, 5) is 13.8. The van der Waals surface area contributed by atoms with Gasteiger partial charge in [0.15, 0.2) is 0 Å². The average Bonchev–Trinajstić information content (AvgIpc) is 3.41. The molecule has 1 aromatic carbocycles. The van der Waals surface area contributed by atoms with Gasteiger partial charge in [0.25, 0.3) is 0 Å². The lowest BCUT2D eigenvalue weighted by atomic mass is 10.0. The largest absolute Gasteiger partial charge is 0.351 e. The number of nitrogens with one attached hydrogen (secondary N) is 2. The molecule has 0 saturated heterocycles. The molecule has 2 N–H and O–H groups in total. The highest BCUT2D eigenvalue weighted by Gasteiger charge is 2.22. The van der Waals surface area contributed by atoms with Crippen molar-refractivity contribution in [2.75, 3.05) is 10.6 Å². The van der Waals surface area contributed by atoms with Crippen molar-refractivity contribution in [3.05, 3.63) is 54.6 Å². The third kappa shape index (κ3) is 4.51. The van der Waals surface area contributed by atoms with E-state index in [2.05, 4.69) is 41.4 Å². The molecular weight excluding hydrogens is 417 g/mol. The highest BCUT2D eigenvalue weighted by Crippen LogP contribution is 2.36. The van der Waals surface area contributed by atoms with Crippen LogP contribution in [-0.4, -0.2) is 36.1 Å². The summed E-state index contributed by atoms with van der Waals surface area (Å²) in [5.41, 5.74) is 3.83. The second kappa shape index (κ2) is 8.42. The summed E-state index contributed by atoms with van der Waals surface area (Å²) in [5.74, 6) is 0.965. The molecule has 0 bridgehead atoms. The van der Waals surface area contributed by atoms with Gasteiger partial charge in [-0.3, -0.25) is 0 Å². The van der Waals surface area contributed by atoms with Crippen LogP contribution in [0.3, 0.4) is 0 Å². The molecule has 3 heterocycles. The van der Waals surface area contributed by atoms with Gasteiger partial charge in [-0.25, -0.2) is 19.3 Å². The molecule has 3 aromatic heterocycles. The third-order valence-corrected chi connectivity index (χ3v) is 5.76. The second-order valence-corrected chi connectivity index (χ2v) is 9.56. The summed E-state index contributed by atoms with van der Waals surface area (Å²) in [6.45, 7) is 6.19. The van der Waals surface area contributed by atoms with Gasteiger partial charge in [0.05, 0.1) is 16.8 Å². The molecule has 0 aliphatic heterocycles. The van der Waals surface area contributed by atoms with E-state index in [9.17, 15) is 4.39 Å². The Labute approximate surface area is 192 Å². The number of nitrogens with zero attached hydrogens (tertiary/aromatic N) is 5. The number of anilines is 2. The quantitative estimate of drug-likeness (QED) is 0.419. The number of aromatic nitrogens is 5. The van der Waals surface area contributed by atoms with Crippen LogP contribution < -0.4 is 10.6 Å². The van der Waals surface area contributed by atoms with E-state index < -0.39 is 0 Å². The first kappa shape index (κ1) is 21.3. The Balaban J connectivity index is 1.68. The number of fused-ring (bicyclic) bond motifs is 1. The molecule has 4 aromatic rings. The number of hydrogen-bond donors (Lipinski definition) is 2. The zero-order valence-electron chi connectivity index (χ0n) is 19.1. The fourth-order valence-corrected chi connectivity index (χ4v) is 4.29. The summed E-state index contributed by atoms with van der Waals surface area (Å²) in [6.07, 6.45) is 8.25. The first-order valence-electron chi connectivity index (χ1n) is 11.4. The minimum absolute atomic E-state index is 0.179. The molecule has 1 aliphatic rings. The van der Waals surface area contributed by atoms with Gasteiger partial charge in [-0.1, -0.05) is 12.8 Å². The number of benzene rings is 1. The molecule has 0 atom stereocenters. The van der Waals surface area contributed by atoms with E-state index in [-0.39, 0.29) is 11.4 Å². The monoisotopic (exact) mass is 445 g/mol. The van der Waals surface area contributed by atoms with E-state index in [1.165, 1.54) is 25.0 Å². The third-order valence-electron chi connectivity index (χ3n) is 5.76. The van der Waals surface area contributed by atoms with E-state index in [4.69, 9.17) is 10.1 Å². The fourth-order valence-electron chi connectivity index (χ4n) is 4.29. The topological polar surface area (TPSA) is 80.0 Å². The first-order valence-corrected chi connectivity index (χ1v) is 11.4. The highest BCUT2D eigenvalue weighted by atomic mass is 19.1. The zero-order valence-corrected chi connectivity index (χ0v) is 19.1. The van der Waals surface area contributed by atoms with Crippen molar-refractivity contribution in [3.8, 4) is 22.5 Å². The Kier molecular flexibility index (Phi) is 5.44. The smallest absolute Gasteiger partial charge is 0.224 e. The predicted molar refractivity (Wildman–Crippen MR) is 129 cm³/mol. The first-order chi connectivity index (χ1) is 15.9. The molecular formula is C25H28FN7. The lowest BCUT2D eigenvalue weighted by molar-refractivity contribution is 0.626. The second-order valence-electron chi connectivity index (χ2n) is 9.56. The Morgan fingerprint density at radius 1 is 0.970 bits per heavy atom. The highest BCUT2D eigenvalue weighted by molar-refractivity contribution is 5.91. The molecule has 1 fully saturated rings. The van der Waals surface area contributed by atoms with Gasteiger partial charge >= 0.3 is 0 Å². The van der Waals surface area contributed by atoms with Crippen molar-refractivity contribution in [2.24, 2.45) is 0 Å². The van der Waals surface area contributed by atoms with Crippen molar-refractivity contribution >= 4 is 17.4 Å². The van der Waals surface area contributed by atoms with Crippen LogP contribution >= 0.6 is 0 Å². The summed E-state index contributed by atoms with van der Waals surface area (Å²) in [6, 6.07) is 10.6. The zero-order chi connectivity index (χ0) is 23.0. The Hall–Kier alpha value is -3.55. The summed E-state index contributed by atoms with van der Waals surface area (Å²) in [5, 5.41) is 11.8. The minimum atomic E-state index is -0.284. The maximum atomic E-state index is 13.7. The molecule has 0 radical (unpaired) electrons. The maximum Gasteiger partial charge on any atom is 0.224 e. The van der Waals surface area contributed by atoms with Gasteiger partial charge in [0.2, 0.25) is 11.9 Å². The van der Waals surface area contributed by atoms with E-state index in [0.717, 1.165) is 40.9 Å². The van der Waals surface area contributed by atoms with Crippen molar-refractivity contribution in [1.82, 2.24) is 24.6 Å². The van der Waals surface area contributed by atoms with Gasteiger partial charge < -0.3 is 10.6 Å². The Morgan fingerprint density at radius 3 is 2.42 bits per heavy atom. The van der Waals surface area contributed by atoms with Crippen LogP contribution in [0.4, 0.5) is 16.3 Å². The summed E-state index contributed by atoms with van der Waals surface area (Å²) >= 11 is 0. The number of hydrogen-bond acceptors (Lipinski definition) is 6. The molecule has 8 heteroatoms. The van der Waals surface area contributed by atoms with Gasteiger partial charge in [-0.05, 0) is 70.0 Å². The summed E-state index contributed by atoms with van der Waals surface area (Å²) < 4.78 is 15.5. The van der Waals surface area contributed by atoms with Crippen LogP contribution in [0.25, 0.3) is 28.0 Å². The van der Waals surface area contributed by atoms with Crippen LogP contribution in [0.5, 0.6) is 0 Å². The van der Waals surface area contributed by atoms with Gasteiger partial charge in [-0.2, -0.15) is 9.61 Å². The molecule has 1 saturated carbocycles. The van der Waals surface area contributed by atoms with Gasteiger partial charge in [0.1, 0.15) is 11.5 Å². The van der Waals surface area contributed by atoms with Crippen molar-refractivity contribution in [2.45, 2.75) is 58.0 Å². The normalized spacial score (nSPS) is 14.7. The molecule has 1 aliphatic carbocycles. The standard InChI is InChI=1S/C25H28FN7/c1-25(2,3)31-23-27-14-12-19(30-23)21-20-13-15-28-24(29-18-6-4-5-7-18)33(20)32-22(21)16-8-10-17(26)11-9-16/h8-15,18H,4-7H2,1-3H3,(H,28,29)(H,27,30,31). The lowest BCUT2D eigenvalue weighted by Crippen LogP contribution is -2.27. The van der Waals surface area contributed by atoms with Gasteiger partial charge in [0, 0.05) is 29.5 Å². The van der Waals surface area contributed by atoms with Gasteiger partial charge in [-0.15, -0.1) is 0 Å². The molecule has 170 valence electrons. The van der Waals surface area contributed by atoms with Crippen LogP contribution in [-0.2, 0) is 0 Å². The summed E-state index contributed by atoms with van der Waals surface area (Å²) in [7, 11) is 0. The molecule has 0 spiro atoms. The van der Waals surface area contributed by atoms with E-state index in [1.807, 2.05) is 16.6 Å². The van der Waals surface area contributed by atoms with E-state index >= 15 is 0 Å². The van der Waals surface area contributed by atoms with Crippen LogP contribution in [0, 0.1) is 5.82 Å². The van der Waals surface area contributed by atoms with E-state index in [1.54, 1.807) is 24.5 Å². The maximum absolute atomic E-state index is 13.7.